The highest BCUT2D eigenvalue weighted by atomic mass is 16.5. The molecular formula is C21H28N2O5. The van der Waals surface area contributed by atoms with Gasteiger partial charge in [-0.1, -0.05) is 12.8 Å². The molecule has 7 nitrogen and oxygen atoms in total. The number of carbonyl (C=O) groups is 2. The number of fused-ring (bicyclic) bond motifs is 2. The van der Waals surface area contributed by atoms with Gasteiger partial charge >= 0.3 is 5.97 Å². The molecule has 152 valence electrons. The topological polar surface area (TPSA) is 77.1 Å². The fraction of sp³-hybridized carbons (Fsp3) is 0.619. The highest BCUT2D eigenvalue weighted by Crippen LogP contribution is 2.40. The van der Waals surface area contributed by atoms with Crippen molar-refractivity contribution in [2.24, 2.45) is 5.92 Å². The monoisotopic (exact) mass is 388 g/mol. The number of amides is 1. The van der Waals surface area contributed by atoms with Gasteiger partial charge in [-0.3, -0.25) is 14.5 Å². The van der Waals surface area contributed by atoms with E-state index < -0.39 is 0 Å². The summed E-state index contributed by atoms with van der Waals surface area (Å²) in [4.78, 5) is 27.1. The Balaban J connectivity index is 1.44. The Morgan fingerprint density at radius 3 is 2.75 bits per heavy atom. The predicted octanol–water partition coefficient (Wildman–Crippen LogP) is 2.59. The molecule has 0 aromatic heterocycles. The van der Waals surface area contributed by atoms with E-state index in [4.69, 9.17) is 14.2 Å². The van der Waals surface area contributed by atoms with Crippen LogP contribution < -0.4 is 14.8 Å². The van der Waals surface area contributed by atoms with Crippen LogP contribution in [0, 0.1) is 5.92 Å². The second kappa shape index (κ2) is 8.39. The highest BCUT2D eigenvalue weighted by molar-refractivity contribution is 5.93. The number of ether oxygens (including phenoxy) is 3. The molecule has 2 aliphatic heterocycles. The lowest BCUT2D eigenvalue weighted by molar-refractivity contribution is -0.146. The van der Waals surface area contributed by atoms with Crippen LogP contribution in [-0.2, 0) is 14.3 Å². The Hall–Kier alpha value is -2.28. The van der Waals surface area contributed by atoms with E-state index in [0.29, 0.717) is 36.3 Å². The first-order valence-electron chi connectivity index (χ1n) is 10.2. The van der Waals surface area contributed by atoms with Crippen molar-refractivity contribution >= 4 is 17.6 Å². The zero-order valence-electron chi connectivity index (χ0n) is 16.3. The SMILES string of the molecule is COC(=O)C1CC2CCCCC2N1CC(=O)Nc1ccc2c(c1)OCCCO2. The Kier molecular flexibility index (Phi) is 5.71. The average Bonchev–Trinajstić information content (AvgIpc) is 2.90. The first-order chi connectivity index (χ1) is 13.7. The molecule has 1 N–H and O–H groups in total. The first-order valence-corrected chi connectivity index (χ1v) is 10.2. The van der Waals surface area contributed by atoms with Crippen LogP contribution in [0.1, 0.15) is 38.5 Å². The number of likely N-dealkylation sites (tertiary alicyclic amines) is 1. The number of nitrogens with one attached hydrogen (secondary N) is 1. The fourth-order valence-corrected chi connectivity index (χ4v) is 4.76. The molecule has 1 aliphatic carbocycles. The van der Waals surface area contributed by atoms with Gasteiger partial charge in [0, 0.05) is 24.2 Å². The molecule has 1 aromatic rings. The molecular weight excluding hydrogens is 360 g/mol. The molecule has 1 aromatic carbocycles. The molecule has 0 radical (unpaired) electrons. The summed E-state index contributed by atoms with van der Waals surface area (Å²) in [6, 6.07) is 5.39. The smallest absolute Gasteiger partial charge is 0.323 e. The summed E-state index contributed by atoms with van der Waals surface area (Å²) in [6.45, 7) is 1.42. The molecule has 0 spiro atoms. The van der Waals surface area contributed by atoms with E-state index in [0.717, 1.165) is 32.1 Å². The molecule has 1 saturated carbocycles. The van der Waals surface area contributed by atoms with Crippen molar-refractivity contribution in [1.82, 2.24) is 4.90 Å². The fourth-order valence-electron chi connectivity index (χ4n) is 4.76. The quantitative estimate of drug-likeness (QED) is 0.799. The Morgan fingerprint density at radius 1 is 1.14 bits per heavy atom. The first kappa shape index (κ1) is 19.1. The standard InChI is InChI=1S/C21H28N2O5/c1-26-21(25)17-11-14-5-2-3-6-16(14)23(17)13-20(24)22-15-7-8-18-19(12-15)28-10-4-9-27-18/h7-8,12,14,16-17H,2-6,9-11,13H2,1H3,(H,22,24). The van der Waals surface area contributed by atoms with Gasteiger partial charge in [0.05, 0.1) is 26.9 Å². The third-order valence-electron chi connectivity index (χ3n) is 6.05. The maximum Gasteiger partial charge on any atom is 0.323 e. The Morgan fingerprint density at radius 2 is 1.93 bits per heavy atom. The summed E-state index contributed by atoms with van der Waals surface area (Å²) in [5.41, 5.74) is 0.670. The minimum absolute atomic E-state index is 0.130. The lowest BCUT2D eigenvalue weighted by Gasteiger charge is -2.32. The second-order valence-corrected chi connectivity index (χ2v) is 7.82. The van der Waals surface area contributed by atoms with Crippen molar-refractivity contribution < 1.29 is 23.8 Å². The van der Waals surface area contributed by atoms with E-state index >= 15 is 0 Å². The summed E-state index contributed by atoms with van der Waals surface area (Å²) < 4.78 is 16.3. The lowest BCUT2D eigenvalue weighted by atomic mass is 9.85. The van der Waals surface area contributed by atoms with Crippen LogP contribution in [0.5, 0.6) is 11.5 Å². The highest BCUT2D eigenvalue weighted by Gasteiger charge is 2.46. The van der Waals surface area contributed by atoms with Crippen molar-refractivity contribution in [2.75, 3.05) is 32.2 Å². The van der Waals surface area contributed by atoms with Gasteiger partial charge in [0.25, 0.3) is 0 Å². The molecule has 3 atom stereocenters. The van der Waals surface area contributed by atoms with Gasteiger partial charge in [-0.2, -0.15) is 0 Å². The number of rotatable bonds is 4. The number of anilines is 1. The van der Waals surface area contributed by atoms with Crippen LogP contribution in [0.3, 0.4) is 0 Å². The van der Waals surface area contributed by atoms with Crippen LogP contribution in [0.4, 0.5) is 5.69 Å². The van der Waals surface area contributed by atoms with Crippen molar-refractivity contribution in [3.05, 3.63) is 18.2 Å². The van der Waals surface area contributed by atoms with Crippen molar-refractivity contribution in [2.45, 2.75) is 50.6 Å². The van der Waals surface area contributed by atoms with Gasteiger partial charge in [-0.15, -0.1) is 0 Å². The largest absolute Gasteiger partial charge is 0.490 e. The molecule has 28 heavy (non-hydrogen) atoms. The molecule has 3 aliphatic rings. The number of hydrogen-bond donors (Lipinski definition) is 1. The van der Waals surface area contributed by atoms with E-state index in [9.17, 15) is 9.59 Å². The summed E-state index contributed by atoms with van der Waals surface area (Å²) in [6.07, 6.45) is 6.13. The Labute approximate surface area is 165 Å². The predicted molar refractivity (Wildman–Crippen MR) is 104 cm³/mol. The second-order valence-electron chi connectivity index (χ2n) is 7.82. The molecule has 1 amide bonds. The lowest BCUT2D eigenvalue weighted by Crippen LogP contribution is -2.46. The van der Waals surface area contributed by atoms with Crippen LogP contribution in [0.15, 0.2) is 18.2 Å². The number of esters is 1. The average molecular weight is 388 g/mol. The maximum absolute atomic E-state index is 12.8. The molecule has 7 heteroatoms. The number of nitrogens with zero attached hydrogens (tertiary/aromatic N) is 1. The van der Waals surface area contributed by atoms with E-state index in [2.05, 4.69) is 5.32 Å². The van der Waals surface area contributed by atoms with Crippen LogP contribution in [-0.4, -0.2) is 55.7 Å². The zero-order valence-corrected chi connectivity index (χ0v) is 16.3. The molecule has 0 bridgehead atoms. The van der Waals surface area contributed by atoms with Crippen molar-refractivity contribution in [3.63, 3.8) is 0 Å². The number of benzene rings is 1. The molecule has 1 saturated heterocycles. The third kappa shape index (κ3) is 3.94. The van der Waals surface area contributed by atoms with Crippen LogP contribution >= 0.6 is 0 Å². The van der Waals surface area contributed by atoms with E-state index in [1.165, 1.54) is 13.5 Å². The molecule has 2 fully saturated rings. The van der Waals surface area contributed by atoms with Gasteiger partial charge in [-0.05, 0) is 37.3 Å². The number of carbonyl (C=O) groups excluding carboxylic acids is 2. The van der Waals surface area contributed by atoms with Crippen molar-refractivity contribution in [3.8, 4) is 11.5 Å². The zero-order chi connectivity index (χ0) is 19.5. The normalized spacial score (nSPS) is 26.8. The number of hydrogen-bond acceptors (Lipinski definition) is 6. The summed E-state index contributed by atoms with van der Waals surface area (Å²) in [5.74, 6) is 1.46. The minimum atomic E-state index is -0.326. The van der Waals surface area contributed by atoms with E-state index in [1.807, 2.05) is 17.0 Å². The molecule has 3 unspecified atom stereocenters. The molecule has 4 rings (SSSR count). The maximum atomic E-state index is 12.8. The Bertz CT molecular complexity index is 738. The van der Waals surface area contributed by atoms with Gasteiger partial charge in [0.2, 0.25) is 5.91 Å². The minimum Gasteiger partial charge on any atom is -0.490 e. The van der Waals surface area contributed by atoms with E-state index in [-0.39, 0.29) is 30.5 Å². The summed E-state index contributed by atoms with van der Waals surface area (Å²) in [5, 5.41) is 2.94. The third-order valence-corrected chi connectivity index (χ3v) is 6.05. The number of methoxy groups -OCH3 is 1. The van der Waals surface area contributed by atoms with E-state index in [1.54, 1.807) is 6.07 Å². The van der Waals surface area contributed by atoms with Crippen molar-refractivity contribution in [1.29, 1.82) is 0 Å². The van der Waals surface area contributed by atoms with Gasteiger partial charge in [-0.25, -0.2) is 0 Å². The van der Waals surface area contributed by atoms with Gasteiger partial charge in [0.1, 0.15) is 6.04 Å². The van der Waals surface area contributed by atoms with Gasteiger partial charge in [0.15, 0.2) is 11.5 Å². The summed E-state index contributed by atoms with van der Waals surface area (Å²) in [7, 11) is 1.42. The van der Waals surface area contributed by atoms with Crippen LogP contribution in [0.25, 0.3) is 0 Å². The molecule has 2 heterocycles. The van der Waals surface area contributed by atoms with Crippen LogP contribution in [0.2, 0.25) is 0 Å². The summed E-state index contributed by atoms with van der Waals surface area (Å²) >= 11 is 0. The van der Waals surface area contributed by atoms with Gasteiger partial charge < -0.3 is 19.5 Å².